The molecule has 0 bridgehead atoms. The van der Waals surface area contributed by atoms with Gasteiger partial charge in [-0.25, -0.2) is 0 Å². The summed E-state index contributed by atoms with van der Waals surface area (Å²) in [5.41, 5.74) is 0.0460. The number of nitrogens with zero attached hydrogens (tertiary/aromatic N) is 1. The molecule has 1 N–H and O–H groups in total. The molecule has 1 aromatic rings. The zero-order chi connectivity index (χ0) is 14.8. The first-order chi connectivity index (χ1) is 9.41. The maximum atomic E-state index is 12.9. The Labute approximate surface area is 125 Å². The number of anilines is 1. The van der Waals surface area contributed by atoms with Crippen molar-refractivity contribution >= 4 is 21.6 Å². The van der Waals surface area contributed by atoms with E-state index in [4.69, 9.17) is 0 Å². The highest BCUT2D eigenvalue weighted by Gasteiger charge is 2.34. The second-order valence-corrected chi connectivity index (χ2v) is 5.92. The van der Waals surface area contributed by atoms with Crippen LogP contribution in [0.15, 0.2) is 22.7 Å². The zero-order valence-corrected chi connectivity index (χ0v) is 12.9. The Bertz CT molecular complexity index is 462. The van der Waals surface area contributed by atoms with Gasteiger partial charge in [0.05, 0.1) is 5.56 Å². The summed E-state index contributed by atoms with van der Waals surface area (Å²) in [5.74, 6) is 0.507. The quantitative estimate of drug-likeness (QED) is 0.885. The van der Waals surface area contributed by atoms with Gasteiger partial charge in [0.1, 0.15) is 0 Å². The van der Waals surface area contributed by atoms with Gasteiger partial charge in [-0.15, -0.1) is 0 Å². The molecule has 0 aromatic heterocycles. The van der Waals surface area contributed by atoms with Crippen LogP contribution in [0.4, 0.5) is 18.9 Å². The van der Waals surface area contributed by atoms with Crippen molar-refractivity contribution in [1.82, 2.24) is 5.32 Å². The smallest absolute Gasteiger partial charge is 0.371 e. The monoisotopic (exact) mass is 350 g/mol. The molecule has 1 aliphatic heterocycles. The van der Waals surface area contributed by atoms with E-state index in [1.54, 1.807) is 6.07 Å². The maximum Gasteiger partial charge on any atom is 0.417 e. The number of benzene rings is 1. The SMILES string of the molecule is CCNCC1CCN(c2ccc(Br)c(C(F)(F)F)c2)C1. The molecule has 1 aliphatic rings. The summed E-state index contributed by atoms with van der Waals surface area (Å²) in [4.78, 5) is 2.03. The highest BCUT2D eigenvalue weighted by molar-refractivity contribution is 9.10. The van der Waals surface area contributed by atoms with E-state index in [9.17, 15) is 13.2 Å². The highest BCUT2D eigenvalue weighted by Crippen LogP contribution is 2.37. The first-order valence-corrected chi connectivity index (χ1v) is 7.53. The number of hydrogen-bond acceptors (Lipinski definition) is 2. The van der Waals surface area contributed by atoms with E-state index in [-0.39, 0.29) is 4.47 Å². The molecule has 1 heterocycles. The lowest BCUT2D eigenvalue weighted by atomic mass is 10.1. The van der Waals surface area contributed by atoms with Crippen LogP contribution < -0.4 is 10.2 Å². The minimum atomic E-state index is -4.32. The number of alkyl halides is 3. The standard InChI is InChI=1S/C14H18BrF3N2/c1-2-19-8-10-5-6-20(9-10)11-3-4-13(15)12(7-11)14(16,17)18/h3-4,7,10,19H,2,5-6,8-9H2,1H3. The van der Waals surface area contributed by atoms with Gasteiger partial charge in [-0.1, -0.05) is 22.9 Å². The lowest BCUT2D eigenvalue weighted by molar-refractivity contribution is -0.138. The van der Waals surface area contributed by atoms with Crippen molar-refractivity contribution < 1.29 is 13.2 Å². The largest absolute Gasteiger partial charge is 0.417 e. The molecule has 1 saturated heterocycles. The minimum absolute atomic E-state index is 0.0946. The molecule has 2 rings (SSSR count). The van der Waals surface area contributed by atoms with Gasteiger partial charge in [0.2, 0.25) is 0 Å². The van der Waals surface area contributed by atoms with Crippen LogP contribution in [0, 0.1) is 5.92 Å². The Kier molecular flexibility index (Phi) is 4.96. The van der Waals surface area contributed by atoms with Crippen LogP contribution in [-0.2, 0) is 6.18 Å². The van der Waals surface area contributed by atoms with Gasteiger partial charge in [0, 0.05) is 23.2 Å². The van der Waals surface area contributed by atoms with Gasteiger partial charge in [-0.05, 0) is 43.6 Å². The summed E-state index contributed by atoms with van der Waals surface area (Å²) >= 11 is 2.97. The van der Waals surface area contributed by atoms with Gasteiger partial charge in [0.25, 0.3) is 0 Å². The first-order valence-electron chi connectivity index (χ1n) is 6.74. The van der Waals surface area contributed by atoms with E-state index in [1.807, 2.05) is 4.90 Å². The van der Waals surface area contributed by atoms with Crippen molar-refractivity contribution in [3.05, 3.63) is 28.2 Å². The summed E-state index contributed by atoms with van der Waals surface area (Å²) in [6.45, 7) is 5.53. The molecular weight excluding hydrogens is 333 g/mol. The third kappa shape index (κ3) is 3.67. The van der Waals surface area contributed by atoms with Gasteiger partial charge in [0.15, 0.2) is 0 Å². The van der Waals surface area contributed by atoms with E-state index in [0.29, 0.717) is 11.6 Å². The second kappa shape index (κ2) is 6.35. The van der Waals surface area contributed by atoms with Crippen LogP contribution in [0.25, 0.3) is 0 Å². The summed E-state index contributed by atoms with van der Waals surface area (Å²) in [6.07, 6.45) is -3.30. The number of nitrogens with one attached hydrogen (secondary N) is 1. The predicted molar refractivity (Wildman–Crippen MR) is 78.0 cm³/mol. The van der Waals surface area contributed by atoms with E-state index >= 15 is 0 Å². The van der Waals surface area contributed by atoms with Crippen LogP contribution in [-0.4, -0.2) is 26.2 Å². The van der Waals surface area contributed by atoms with Gasteiger partial charge in [-0.2, -0.15) is 13.2 Å². The molecule has 0 amide bonds. The number of hydrogen-bond donors (Lipinski definition) is 1. The minimum Gasteiger partial charge on any atom is -0.371 e. The fourth-order valence-corrected chi connectivity index (χ4v) is 2.98. The molecule has 1 atom stereocenters. The number of rotatable bonds is 4. The van der Waals surface area contributed by atoms with Crippen molar-refractivity contribution in [1.29, 1.82) is 0 Å². The second-order valence-electron chi connectivity index (χ2n) is 5.07. The molecule has 0 radical (unpaired) electrons. The van der Waals surface area contributed by atoms with Crippen molar-refractivity contribution in [3.63, 3.8) is 0 Å². The fourth-order valence-electron chi connectivity index (χ4n) is 2.51. The Morgan fingerprint density at radius 3 is 2.80 bits per heavy atom. The normalized spacial score (nSPS) is 19.6. The molecule has 0 saturated carbocycles. The average molecular weight is 351 g/mol. The maximum absolute atomic E-state index is 12.9. The molecule has 112 valence electrons. The lowest BCUT2D eigenvalue weighted by Crippen LogP contribution is -2.26. The molecule has 0 aliphatic carbocycles. The summed E-state index contributed by atoms with van der Waals surface area (Å²) in [7, 11) is 0. The van der Waals surface area contributed by atoms with Crippen LogP contribution >= 0.6 is 15.9 Å². The molecule has 6 heteroatoms. The van der Waals surface area contributed by atoms with E-state index < -0.39 is 11.7 Å². The Balaban J connectivity index is 2.11. The molecule has 2 nitrogen and oxygen atoms in total. The van der Waals surface area contributed by atoms with Gasteiger partial charge < -0.3 is 10.2 Å². The Morgan fingerprint density at radius 2 is 2.15 bits per heavy atom. The van der Waals surface area contributed by atoms with Crippen molar-refractivity contribution in [3.8, 4) is 0 Å². The Hall–Kier alpha value is -0.750. The third-order valence-electron chi connectivity index (χ3n) is 3.59. The summed E-state index contributed by atoms with van der Waals surface area (Å²) in [5, 5.41) is 3.29. The molecule has 0 spiro atoms. The Morgan fingerprint density at radius 1 is 1.40 bits per heavy atom. The first kappa shape index (κ1) is 15.6. The molecular formula is C14H18BrF3N2. The van der Waals surface area contributed by atoms with Crippen molar-refractivity contribution in [2.75, 3.05) is 31.1 Å². The van der Waals surface area contributed by atoms with E-state index in [0.717, 1.165) is 32.6 Å². The van der Waals surface area contributed by atoms with Gasteiger partial charge in [-0.3, -0.25) is 0 Å². The summed E-state index contributed by atoms with van der Waals surface area (Å²) in [6, 6.07) is 4.46. The highest BCUT2D eigenvalue weighted by atomic mass is 79.9. The number of halogens is 4. The van der Waals surface area contributed by atoms with Gasteiger partial charge >= 0.3 is 6.18 Å². The zero-order valence-electron chi connectivity index (χ0n) is 11.3. The van der Waals surface area contributed by atoms with Crippen LogP contribution in [0.2, 0.25) is 0 Å². The predicted octanol–water partition coefficient (Wildman–Crippen LogP) is 3.90. The van der Waals surface area contributed by atoms with E-state index in [1.165, 1.54) is 12.1 Å². The van der Waals surface area contributed by atoms with Crippen molar-refractivity contribution in [2.45, 2.75) is 19.5 Å². The molecule has 1 aromatic carbocycles. The van der Waals surface area contributed by atoms with E-state index in [2.05, 4.69) is 28.2 Å². The topological polar surface area (TPSA) is 15.3 Å². The average Bonchev–Trinajstić information content (AvgIpc) is 2.84. The lowest BCUT2D eigenvalue weighted by Gasteiger charge is -2.21. The fraction of sp³-hybridized carbons (Fsp3) is 0.571. The van der Waals surface area contributed by atoms with Crippen molar-refractivity contribution in [2.24, 2.45) is 5.92 Å². The van der Waals surface area contributed by atoms with Crippen LogP contribution in [0.5, 0.6) is 0 Å². The van der Waals surface area contributed by atoms with Crippen LogP contribution in [0.3, 0.4) is 0 Å². The molecule has 1 fully saturated rings. The third-order valence-corrected chi connectivity index (χ3v) is 4.28. The molecule has 1 unspecified atom stereocenters. The summed E-state index contributed by atoms with van der Waals surface area (Å²) < 4.78 is 38.8. The van der Waals surface area contributed by atoms with Crippen LogP contribution in [0.1, 0.15) is 18.9 Å². The molecule has 20 heavy (non-hydrogen) atoms.